The van der Waals surface area contributed by atoms with Crippen LogP contribution >= 0.6 is 0 Å². The van der Waals surface area contributed by atoms with Gasteiger partial charge in [-0.25, -0.2) is 17.6 Å². The molecule has 0 saturated heterocycles. The molecule has 2 fully saturated rings. The first kappa shape index (κ1) is 35.4. The second-order valence-corrected chi connectivity index (χ2v) is 14.4. The number of halogens is 4. The van der Waals surface area contributed by atoms with Crippen molar-refractivity contribution in [1.29, 1.82) is 0 Å². The highest BCUT2D eigenvalue weighted by Gasteiger charge is 2.23. The van der Waals surface area contributed by atoms with Crippen molar-refractivity contribution in [2.24, 2.45) is 11.8 Å². The van der Waals surface area contributed by atoms with Crippen molar-refractivity contribution in [1.82, 2.24) is 0 Å². The molecule has 49 heavy (non-hydrogen) atoms. The van der Waals surface area contributed by atoms with Gasteiger partial charge < -0.3 is 4.74 Å². The largest absolute Gasteiger partial charge is 0.381 e. The normalized spacial score (nSPS) is 21.2. The van der Waals surface area contributed by atoms with Crippen LogP contribution in [0.4, 0.5) is 17.6 Å². The third-order valence-electron chi connectivity index (χ3n) is 11.6. The third-order valence-corrected chi connectivity index (χ3v) is 11.6. The Morgan fingerprint density at radius 1 is 0.469 bits per heavy atom. The topological polar surface area (TPSA) is 9.23 Å². The zero-order valence-corrected chi connectivity index (χ0v) is 29.1. The van der Waals surface area contributed by atoms with E-state index in [1.807, 2.05) is 24.3 Å². The first-order valence-corrected chi connectivity index (χ1v) is 18.6. The maximum absolute atomic E-state index is 15.0. The number of rotatable bonds is 12. The fourth-order valence-corrected chi connectivity index (χ4v) is 8.17. The van der Waals surface area contributed by atoms with Crippen LogP contribution in [0.3, 0.4) is 0 Å². The molecule has 0 amide bonds. The van der Waals surface area contributed by atoms with Gasteiger partial charge in [-0.3, -0.25) is 0 Å². The molecule has 4 aromatic carbocycles. The van der Waals surface area contributed by atoms with Crippen LogP contribution in [0.15, 0.2) is 72.8 Å². The molecule has 0 heterocycles. The molecule has 2 saturated carbocycles. The smallest absolute Gasteiger partial charge is 0.130 e. The van der Waals surface area contributed by atoms with E-state index in [-0.39, 0.29) is 37.2 Å². The van der Waals surface area contributed by atoms with Gasteiger partial charge >= 0.3 is 0 Å². The molecule has 260 valence electrons. The Bertz CT molecular complexity index is 1490. The van der Waals surface area contributed by atoms with E-state index < -0.39 is 23.3 Å². The number of hydrogen-bond acceptors (Lipinski definition) is 1. The van der Waals surface area contributed by atoms with E-state index >= 15 is 17.6 Å². The molecule has 0 radical (unpaired) electrons. The number of hydrogen-bond donors (Lipinski definition) is 0. The Balaban J connectivity index is 0.990. The van der Waals surface area contributed by atoms with Gasteiger partial charge in [0.1, 0.15) is 23.3 Å². The fourth-order valence-electron chi connectivity index (χ4n) is 8.17. The molecule has 0 aliphatic heterocycles. The second kappa shape index (κ2) is 16.5. The summed E-state index contributed by atoms with van der Waals surface area (Å²) in [6, 6.07) is 21.7. The van der Waals surface area contributed by atoms with Gasteiger partial charge in [-0.2, -0.15) is 0 Å². The van der Waals surface area contributed by atoms with Gasteiger partial charge in [0.2, 0.25) is 0 Å². The Hall–Kier alpha value is -3.44. The van der Waals surface area contributed by atoms with E-state index in [9.17, 15) is 0 Å². The van der Waals surface area contributed by atoms with Gasteiger partial charge in [0.25, 0.3) is 0 Å². The molecule has 5 heteroatoms. The summed E-state index contributed by atoms with van der Waals surface area (Å²) < 4.78 is 65.8. The Labute approximate surface area is 290 Å². The summed E-state index contributed by atoms with van der Waals surface area (Å²) in [5, 5.41) is 0. The Kier molecular flexibility index (Phi) is 11.9. The molecule has 0 unspecified atom stereocenters. The summed E-state index contributed by atoms with van der Waals surface area (Å²) in [4.78, 5) is 0. The van der Waals surface area contributed by atoms with Crippen LogP contribution < -0.4 is 0 Å². The number of ether oxygens (including phenoxy) is 1. The molecule has 0 spiro atoms. The predicted octanol–water partition coefficient (Wildman–Crippen LogP) is 12.7. The molecular weight excluding hydrogens is 620 g/mol. The lowest BCUT2D eigenvalue weighted by molar-refractivity contribution is 0.138. The van der Waals surface area contributed by atoms with Crippen molar-refractivity contribution in [3.05, 3.63) is 118 Å². The van der Waals surface area contributed by atoms with Crippen LogP contribution in [0.5, 0.6) is 0 Å². The van der Waals surface area contributed by atoms with Gasteiger partial charge in [-0.1, -0.05) is 75.2 Å². The van der Waals surface area contributed by atoms with Gasteiger partial charge in [-0.15, -0.1) is 0 Å². The standard InChI is InChI=1S/C44H50F4O/c1-3-29-5-9-31(10-6-29)33-13-17-35(18-14-33)37-25-41(45)39(42(46)26-37)21-23-49-24-22-40-43(47)27-38(28-44(40)48)36-19-15-34(16-20-36)32-11-7-30(4-2)8-12-32/h13-20,25-32H,3-12,21-24H2,1-2H3. The monoisotopic (exact) mass is 670 g/mol. The second-order valence-electron chi connectivity index (χ2n) is 14.4. The summed E-state index contributed by atoms with van der Waals surface area (Å²) >= 11 is 0. The Morgan fingerprint density at radius 3 is 1.10 bits per heavy atom. The van der Waals surface area contributed by atoms with Gasteiger partial charge in [0, 0.05) is 24.0 Å². The maximum Gasteiger partial charge on any atom is 0.130 e. The highest BCUT2D eigenvalue weighted by Crippen LogP contribution is 2.39. The quantitative estimate of drug-likeness (QED) is 0.108. The predicted molar refractivity (Wildman–Crippen MR) is 192 cm³/mol. The van der Waals surface area contributed by atoms with E-state index in [4.69, 9.17) is 4.74 Å². The first-order valence-electron chi connectivity index (χ1n) is 18.6. The van der Waals surface area contributed by atoms with Crippen molar-refractivity contribution in [3.8, 4) is 22.3 Å². The van der Waals surface area contributed by atoms with E-state index in [1.165, 1.54) is 99.6 Å². The molecule has 0 aromatic heterocycles. The molecule has 6 rings (SSSR count). The highest BCUT2D eigenvalue weighted by atomic mass is 19.1. The average molecular weight is 671 g/mol. The first-order chi connectivity index (χ1) is 23.8. The van der Waals surface area contributed by atoms with Crippen molar-refractivity contribution < 1.29 is 22.3 Å². The van der Waals surface area contributed by atoms with Crippen LogP contribution in [0, 0.1) is 35.1 Å². The molecule has 2 aliphatic rings. The van der Waals surface area contributed by atoms with Crippen LogP contribution in [0.25, 0.3) is 22.3 Å². The van der Waals surface area contributed by atoms with Crippen LogP contribution in [0.2, 0.25) is 0 Å². The van der Waals surface area contributed by atoms with E-state index in [2.05, 4.69) is 38.1 Å². The van der Waals surface area contributed by atoms with Crippen molar-refractivity contribution in [3.63, 3.8) is 0 Å². The zero-order valence-electron chi connectivity index (χ0n) is 29.1. The van der Waals surface area contributed by atoms with E-state index in [0.29, 0.717) is 23.0 Å². The van der Waals surface area contributed by atoms with Crippen LogP contribution in [-0.2, 0) is 17.6 Å². The summed E-state index contributed by atoms with van der Waals surface area (Å²) in [5.41, 5.74) is 5.07. The van der Waals surface area contributed by atoms with Crippen molar-refractivity contribution >= 4 is 0 Å². The van der Waals surface area contributed by atoms with Gasteiger partial charge in [-0.05, 0) is 133 Å². The molecule has 0 atom stereocenters. The molecule has 0 bridgehead atoms. The van der Waals surface area contributed by atoms with Crippen LogP contribution in [-0.4, -0.2) is 13.2 Å². The summed E-state index contributed by atoms with van der Waals surface area (Å²) in [7, 11) is 0. The molecule has 4 aromatic rings. The van der Waals surface area contributed by atoms with Crippen LogP contribution in [0.1, 0.15) is 112 Å². The summed E-state index contributed by atoms with van der Waals surface area (Å²) in [5.74, 6) is 0.307. The molecular formula is C44H50F4O. The summed E-state index contributed by atoms with van der Waals surface area (Å²) in [6.45, 7) is 4.60. The lowest BCUT2D eigenvalue weighted by Crippen LogP contribution is -2.12. The van der Waals surface area contributed by atoms with Crippen molar-refractivity contribution in [2.75, 3.05) is 13.2 Å². The van der Waals surface area contributed by atoms with E-state index in [1.54, 1.807) is 0 Å². The minimum Gasteiger partial charge on any atom is -0.381 e. The fraction of sp³-hybridized carbons (Fsp3) is 0.455. The lowest BCUT2D eigenvalue weighted by Gasteiger charge is -2.28. The lowest BCUT2D eigenvalue weighted by atomic mass is 9.77. The van der Waals surface area contributed by atoms with E-state index in [0.717, 1.165) is 23.0 Å². The molecule has 2 aliphatic carbocycles. The van der Waals surface area contributed by atoms with Gasteiger partial charge in [0.05, 0.1) is 13.2 Å². The number of benzene rings is 4. The average Bonchev–Trinajstić information content (AvgIpc) is 3.13. The third kappa shape index (κ3) is 8.66. The molecule has 0 N–H and O–H groups in total. The minimum absolute atomic E-state index is 0.0251. The minimum atomic E-state index is -0.620. The SMILES string of the molecule is CCC1CCC(c2ccc(-c3cc(F)c(CCOCCc4c(F)cc(-c5ccc(C6CCC(CC)CC6)cc5)cc4F)c(F)c3)cc2)CC1. The molecule has 1 nitrogen and oxygen atoms in total. The van der Waals surface area contributed by atoms with Gasteiger partial charge in [0.15, 0.2) is 0 Å². The van der Waals surface area contributed by atoms with Crippen molar-refractivity contribution in [2.45, 2.75) is 103 Å². The Morgan fingerprint density at radius 2 is 0.796 bits per heavy atom. The maximum atomic E-state index is 15.0. The summed E-state index contributed by atoms with van der Waals surface area (Å²) in [6.07, 6.45) is 12.4. The zero-order chi connectivity index (χ0) is 34.3. The highest BCUT2D eigenvalue weighted by molar-refractivity contribution is 5.65.